The highest BCUT2D eigenvalue weighted by atomic mass is 17.1. The van der Waals surface area contributed by atoms with E-state index in [4.69, 9.17) is 10.4 Å². The summed E-state index contributed by atoms with van der Waals surface area (Å²) < 4.78 is 8.87. The molecule has 1 atom stereocenters. The summed E-state index contributed by atoms with van der Waals surface area (Å²) in [4.78, 5) is 13.4. The third-order valence-corrected chi connectivity index (χ3v) is 0.894. The quantitative estimate of drug-likeness (QED) is 0.336. The predicted octanol–water partition coefficient (Wildman–Crippen LogP) is -0.380. The summed E-state index contributed by atoms with van der Waals surface area (Å²) >= 11 is 0. The number of hydrogen-bond acceptors (Lipinski definition) is 6. The monoisotopic (exact) mass is 166 g/mol. The number of carbonyl (C=O) groups excluding carboxylic acids is 1. The van der Waals surface area contributed by atoms with E-state index in [1.807, 2.05) is 0 Å². The Morgan fingerprint density at radius 2 is 2.27 bits per heavy atom. The van der Waals surface area contributed by atoms with Gasteiger partial charge in [0, 0.05) is 7.11 Å². The minimum Gasteiger partial charge on any atom is -0.424 e. The molecule has 0 bridgehead atoms. The molecule has 1 unspecified atom stereocenters. The van der Waals surface area contributed by atoms with Crippen molar-refractivity contribution in [1.82, 2.24) is 0 Å². The summed E-state index contributed by atoms with van der Waals surface area (Å²) in [6, 6.07) is 0. The largest absolute Gasteiger partial charge is 0.540 e. The van der Waals surface area contributed by atoms with Gasteiger partial charge in [0.25, 0.3) is 0 Å². The summed E-state index contributed by atoms with van der Waals surface area (Å²) in [6.45, 7) is -0.339. The number of aliphatic hydroxyl groups is 1. The minimum absolute atomic E-state index is 0.0472. The van der Waals surface area contributed by atoms with E-state index in [1.54, 1.807) is 0 Å². The van der Waals surface area contributed by atoms with Gasteiger partial charge < -0.3 is 14.6 Å². The van der Waals surface area contributed by atoms with E-state index in [2.05, 4.69) is 14.4 Å². The topological polar surface area (TPSA) is 85.2 Å². The molecule has 0 radical (unpaired) electrons. The highest BCUT2D eigenvalue weighted by Crippen LogP contribution is 1.93. The first kappa shape index (κ1) is 10.2. The molecule has 0 saturated carbocycles. The Morgan fingerprint density at radius 3 is 2.64 bits per heavy atom. The average Bonchev–Trinajstić information content (AvgIpc) is 2.03. The number of carbonyl (C=O) groups is 1. The van der Waals surface area contributed by atoms with Gasteiger partial charge in [-0.3, -0.25) is 4.89 Å². The van der Waals surface area contributed by atoms with Gasteiger partial charge in [-0.25, -0.2) is 4.79 Å². The van der Waals surface area contributed by atoms with Crippen molar-refractivity contribution in [1.29, 1.82) is 0 Å². The second kappa shape index (κ2) is 5.90. The second-order valence-corrected chi connectivity index (χ2v) is 1.72. The highest BCUT2D eigenvalue weighted by molar-refractivity contribution is 5.59. The van der Waals surface area contributed by atoms with E-state index in [1.165, 1.54) is 7.11 Å². The number of rotatable bonds is 4. The lowest BCUT2D eigenvalue weighted by Gasteiger charge is -2.11. The SMILES string of the molecule is COCC(CO)OC(=O)OO. The van der Waals surface area contributed by atoms with Crippen LogP contribution in [-0.2, 0) is 14.4 Å². The van der Waals surface area contributed by atoms with Crippen LogP contribution in [0.1, 0.15) is 0 Å². The summed E-state index contributed by atoms with van der Waals surface area (Å²) in [5, 5.41) is 16.3. The second-order valence-electron chi connectivity index (χ2n) is 1.72. The maximum absolute atomic E-state index is 10.2. The van der Waals surface area contributed by atoms with Crippen molar-refractivity contribution in [3.63, 3.8) is 0 Å². The van der Waals surface area contributed by atoms with Crippen LogP contribution in [0, 0.1) is 0 Å². The van der Waals surface area contributed by atoms with Gasteiger partial charge in [-0.15, -0.1) is 0 Å². The molecule has 0 rings (SSSR count). The Hall–Kier alpha value is -0.850. The van der Waals surface area contributed by atoms with Crippen molar-refractivity contribution in [2.45, 2.75) is 6.10 Å². The molecule has 0 aromatic rings. The van der Waals surface area contributed by atoms with Gasteiger partial charge in [-0.1, -0.05) is 0 Å². The molecule has 0 saturated heterocycles. The molecule has 11 heavy (non-hydrogen) atoms. The van der Waals surface area contributed by atoms with Gasteiger partial charge in [0.2, 0.25) is 0 Å². The maximum Gasteiger partial charge on any atom is 0.540 e. The Bertz CT molecular complexity index is 114. The number of hydrogen-bond donors (Lipinski definition) is 2. The fourth-order valence-electron chi connectivity index (χ4n) is 0.467. The molecule has 6 heteroatoms. The van der Waals surface area contributed by atoms with Gasteiger partial charge in [-0.05, 0) is 0 Å². The predicted molar refractivity (Wildman–Crippen MR) is 32.9 cm³/mol. The van der Waals surface area contributed by atoms with Crippen LogP contribution in [0.3, 0.4) is 0 Å². The van der Waals surface area contributed by atoms with Crippen molar-refractivity contribution >= 4 is 6.16 Å². The van der Waals surface area contributed by atoms with Crippen molar-refractivity contribution < 1.29 is 29.5 Å². The van der Waals surface area contributed by atoms with Gasteiger partial charge in [-0.2, -0.15) is 5.26 Å². The van der Waals surface area contributed by atoms with Crippen LogP contribution in [0.15, 0.2) is 0 Å². The lowest BCUT2D eigenvalue weighted by Crippen LogP contribution is -2.26. The molecule has 0 aromatic heterocycles. The Labute approximate surface area is 63.2 Å². The van der Waals surface area contributed by atoms with E-state index in [0.717, 1.165) is 0 Å². The first-order valence-electron chi connectivity index (χ1n) is 2.86. The molecule has 0 aliphatic heterocycles. The molecule has 2 N–H and O–H groups in total. The fourth-order valence-corrected chi connectivity index (χ4v) is 0.467. The van der Waals surface area contributed by atoms with E-state index < -0.39 is 12.3 Å². The van der Waals surface area contributed by atoms with Gasteiger partial charge in [0.1, 0.15) is 0 Å². The lowest BCUT2D eigenvalue weighted by atomic mass is 10.4. The van der Waals surface area contributed by atoms with E-state index >= 15 is 0 Å². The molecule has 0 spiro atoms. The summed E-state index contributed by atoms with van der Waals surface area (Å²) in [5.41, 5.74) is 0. The summed E-state index contributed by atoms with van der Waals surface area (Å²) in [6.07, 6.45) is -2.07. The van der Waals surface area contributed by atoms with Crippen molar-refractivity contribution in [3.8, 4) is 0 Å². The van der Waals surface area contributed by atoms with Crippen LogP contribution in [0.25, 0.3) is 0 Å². The van der Waals surface area contributed by atoms with Gasteiger partial charge in [0.15, 0.2) is 6.10 Å². The standard InChI is InChI=1S/C5H10O6/c1-9-3-4(2-6)10-5(7)11-8/h4,6,8H,2-3H2,1H3. The molecule has 0 aliphatic rings. The van der Waals surface area contributed by atoms with E-state index in [9.17, 15) is 4.79 Å². The molecule has 0 aliphatic carbocycles. The fraction of sp³-hybridized carbons (Fsp3) is 0.800. The first-order chi connectivity index (χ1) is 5.24. The number of aliphatic hydroxyl groups excluding tert-OH is 1. The van der Waals surface area contributed by atoms with Crippen LogP contribution >= 0.6 is 0 Å². The van der Waals surface area contributed by atoms with Crippen LogP contribution < -0.4 is 0 Å². The average molecular weight is 166 g/mol. The molecular formula is C5H10O6. The molecular weight excluding hydrogens is 156 g/mol. The Kier molecular flexibility index (Phi) is 5.44. The summed E-state index contributed by atoms with van der Waals surface area (Å²) in [7, 11) is 1.39. The Balaban J connectivity index is 3.58. The third-order valence-electron chi connectivity index (χ3n) is 0.894. The van der Waals surface area contributed by atoms with Crippen LogP contribution in [0.2, 0.25) is 0 Å². The maximum atomic E-state index is 10.2. The zero-order valence-corrected chi connectivity index (χ0v) is 6.02. The molecule has 0 aromatic carbocycles. The minimum atomic E-state index is -1.26. The van der Waals surface area contributed by atoms with Crippen LogP contribution in [0.5, 0.6) is 0 Å². The smallest absolute Gasteiger partial charge is 0.424 e. The number of methoxy groups -OCH3 is 1. The first-order valence-corrected chi connectivity index (χ1v) is 2.86. The third kappa shape index (κ3) is 4.54. The molecule has 0 heterocycles. The molecule has 66 valence electrons. The van der Waals surface area contributed by atoms with Crippen molar-refractivity contribution in [2.75, 3.05) is 20.3 Å². The van der Waals surface area contributed by atoms with Crippen LogP contribution in [0.4, 0.5) is 4.79 Å². The van der Waals surface area contributed by atoms with Gasteiger partial charge >= 0.3 is 6.16 Å². The zero-order valence-electron chi connectivity index (χ0n) is 6.02. The molecule has 6 nitrogen and oxygen atoms in total. The zero-order chi connectivity index (χ0) is 8.69. The van der Waals surface area contributed by atoms with E-state index in [-0.39, 0.29) is 13.2 Å². The molecule has 0 amide bonds. The lowest BCUT2D eigenvalue weighted by molar-refractivity contribution is -0.208. The van der Waals surface area contributed by atoms with Crippen molar-refractivity contribution in [3.05, 3.63) is 0 Å². The van der Waals surface area contributed by atoms with Crippen LogP contribution in [-0.4, -0.2) is 42.9 Å². The highest BCUT2D eigenvalue weighted by Gasteiger charge is 2.13. The van der Waals surface area contributed by atoms with Gasteiger partial charge in [0.05, 0.1) is 13.2 Å². The van der Waals surface area contributed by atoms with Crippen molar-refractivity contribution in [2.24, 2.45) is 0 Å². The Morgan fingerprint density at radius 1 is 1.64 bits per heavy atom. The van der Waals surface area contributed by atoms with E-state index in [0.29, 0.717) is 0 Å². The normalized spacial score (nSPS) is 12.3. The molecule has 0 fully saturated rings. The summed E-state index contributed by atoms with van der Waals surface area (Å²) in [5.74, 6) is 0. The number of ether oxygens (including phenoxy) is 2.